The van der Waals surface area contributed by atoms with Crippen LogP contribution in [0.4, 0.5) is 0 Å². The van der Waals surface area contributed by atoms with Crippen LogP contribution in [-0.2, 0) is 6.54 Å². The molecular formula is C16H21N3O2. The van der Waals surface area contributed by atoms with Crippen molar-refractivity contribution >= 4 is 5.91 Å². The Labute approximate surface area is 124 Å². The van der Waals surface area contributed by atoms with Crippen LogP contribution in [0.15, 0.2) is 29.1 Å². The summed E-state index contributed by atoms with van der Waals surface area (Å²) in [6, 6.07) is 3.00. The van der Waals surface area contributed by atoms with Gasteiger partial charge in [0.15, 0.2) is 0 Å². The quantitative estimate of drug-likeness (QED) is 0.795. The van der Waals surface area contributed by atoms with Crippen LogP contribution in [-0.4, -0.2) is 33.7 Å². The SMILES string of the molecule is CCCn1nc(C(=O)N2CC3CC=CCC3C2)ccc1=O. The fourth-order valence-corrected chi connectivity index (χ4v) is 3.28. The van der Waals surface area contributed by atoms with E-state index >= 15 is 0 Å². The molecule has 1 fully saturated rings. The second-order valence-corrected chi connectivity index (χ2v) is 5.95. The van der Waals surface area contributed by atoms with Gasteiger partial charge in [-0.1, -0.05) is 19.1 Å². The molecule has 2 atom stereocenters. The van der Waals surface area contributed by atoms with Gasteiger partial charge in [0.05, 0.1) is 0 Å². The smallest absolute Gasteiger partial charge is 0.274 e. The first-order valence-corrected chi connectivity index (χ1v) is 7.71. The van der Waals surface area contributed by atoms with Gasteiger partial charge in [0.1, 0.15) is 5.69 Å². The molecule has 0 radical (unpaired) electrons. The number of rotatable bonds is 3. The van der Waals surface area contributed by atoms with Gasteiger partial charge in [0.25, 0.3) is 11.5 Å². The summed E-state index contributed by atoms with van der Waals surface area (Å²) in [7, 11) is 0. The van der Waals surface area contributed by atoms with E-state index in [1.54, 1.807) is 6.07 Å². The predicted octanol–water partition coefficient (Wildman–Crippen LogP) is 1.69. The van der Waals surface area contributed by atoms with Gasteiger partial charge in [-0.15, -0.1) is 0 Å². The van der Waals surface area contributed by atoms with Crippen LogP contribution < -0.4 is 5.56 Å². The number of carbonyl (C=O) groups is 1. The lowest BCUT2D eigenvalue weighted by molar-refractivity contribution is 0.0775. The van der Waals surface area contributed by atoms with Crippen LogP contribution in [0.5, 0.6) is 0 Å². The van der Waals surface area contributed by atoms with Gasteiger partial charge >= 0.3 is 0 Å². The van der Waals surface area contributed by atoms with Crippen molar-refractivity contribution in [3.63, 3.8) is 0 Å². The van der Waals surface area contributed by atoms with Crippen molar-refractivity contribution in [2.75, 3.05) is 13.1 Å². The number of hydrogen-bond donors (Lipinski definition) is 0. The lowest BCUT2D eigenvalue weighted by Crippen LogP contribution is -2.32. The molecule has 2 heterocycles. The molecule has 0 aromatic carbocycles. The average molecular weight is 287 g/mol. The number of nitrogens with zero attached hydrogens (tertiary/aromatic N) is 3. The monoisotopic (exact) mass is 287 g/mol. The number of amides is 1. The van der Waals surface area contributed by atoms with Crippen molar-refractivity contribution in [2.45, 2.75) is 32.7 Å². The molecule has 21 heavy (non-hydrogen) atoms. The summed E-state index contributed by atoms with van der Waals surface area (Å²) in [6.45, 7) is 4.15. The van der Waals surface area contributed by atoms with Crippen molar-refractivity contribution in [3.05, 3.63) is 40.3 Å². The summed E-state index contributed by atoms with van der Waals surface area (Å²) >= 11 is 0. The van der Waals surface area contributed by atoms with E-state index in [0.717, 1.165) is 32.4 Å². The van der Waals surface area contributed by atoms with E-state index in [0.29, 0.717) is 24.1 Å². The predicted molar refractivity (Wildman–Crippen MR) is 80.0 cm³/mol. The van der Waals surface area contributed by atoms with Crippen LogP contribution in [0.1, 0.15) is 36.7 Å². The van der Waals surface area contributed by atoms with Gasteiger partial charge < -0.3 is 4.90 Å². The number of aryl methyl sites for hydroxylation is 1. The first kappa shape index (κ1) is 14.0. The standard InChI is InChI=1S/C16H21N3O2/c1-2-9-19-15(20)8-7-14(17-19)16(21)18-10-12-5-3-4-6-13(12)11-18/h3-4,7-8,12-13H,2,5-6,9-11H2,1H3. The normalized spacial score (nSPS) is 24.1. The number of likely N-dealkylation sites (tertiary alicyclic amines) is 1. The molecule has 0 saturated carbocycles. The zero-order valence-corrected chi connectivity index (χ0v) is 12.4. The number of carbonyl (C=O) groups excluding carboxylic acids is 1. The van der Waals surface area contributed by atoms with Gasteiger partial charge in [-0.2, -0.15) is 5.10 Å². The minimum Gasteiger partial charge on any atom is -0.337 e. The summed E-state index contributed by atoms with van der Waals surface area (Å²) < 4.78 is 1.39. The average Bonchev–Trinajstić information content (AvgIpc) is 2.93. The van der Waals surface area contributed by atoms with Crippen molar-refractivity contribution in [2.24, 2.45) is 11.8 Å². The largest absolute Gasteiger partial charge is 0.337 e. The van der Waals surface area contributed by atoms with Crippen molar-refractivity contribution in [1.82, 2.24) is 14.7 Å². The van der Waals surface area contributed by atoms with E-state index < -0.39 is 0 Å². The van der Waals surface area contributed by atoms with Gasteiger partial charge in [0.2, 0.25) is 0 Å². The third kappa shape index (κ3) is 2.77. The fourth-order valence-electron chi connectivity index (χ4n) is 3.28. The molecule has 0 N–H and O–H groups in total. The van der Waals surface area contributed by atoms with E-state index in [1.165, 1.54) is 10.7 Å². The van der Waals surface area contributed by atoms with Gasteiger partial charge in [0, 0.05) is 25.7 Å². The summed E-state index contributed by atoms with van der Waals surface area (Å²) in [5.41, 5.74) is 0.238. The topological polar surface area (TPSA) is 55.2 Å². The summed E-state index contributed by atoms with van der Waals surface area (Å²) in [5.74, 6) is 1.12. The Morgan fingerprint density at radius 3 is 2.52 bits per heavy atom. The van der Waals surface area contributed by atoms with E-state index in [-0.39, 0.29) is 11.5 Å². The van der Waals surface area contributed by atoms with Crippen LogP contribution in [0.3, 0.4) is 0 Å². The van der Waals surface area contributed by atoms with Crippen LogP contribution in [0.2, 0.25) is 0 Å². The third-order valence-corrected chi connectivity index (χ3v) is 4.43. The summed E-state index contributed by atoms with van der Waals surface area (Å²) in [6.07, 6.45) is 7.39. The minimum absolute atomic E-state index is 0.0470. The Kier molecular flexibility index (Phi) is 3.90. The van der Waals surface area contributed by atoms with Gasteiger partial charge in [-0.05, 0) is 37.2 Å². The molecule has 0 spiro atoms. The second-order valence-electron chi connectivity index (χ2n) is 5.95. The van der Waals surface area contributed by atoms with Crippen LogP contribution >= 0.6 is 0 Å². The molecule has 1 aliphatic carbocycles. The van der Waals surface area contributed by atoms with Gasteiger partial charge in [-0.25, -0.2) is 4.68 Å². The van der Waals surface area contributed by atoms with Crippen LogP contribution in [0, 0.1) is 11.8 Å². The number of fused-ring (bicyclic) bond motifs is 1. The molecule has 1 saturated heterocycles. The molecule has 0 bridgehead atoms. The second kappa shape index (κ2) is 5.84. The molecule has 3 rings (SSSR count). The Balaban J connectivity index is 1.77. The summed E-state index contributed by atoms with van der Waals surface area (Å²) in [4.78, 5) is 26.2. The molecule has 5 heteroatoms. The third-order valence-electron chi connectivity index (χ3n) is 4.43. The number of hydrogen-bond acceptors (Lipinski definition) is 3. The first-order valence-electron chi connectivity index (χ1n) is 7.71. The van der Waals surface area contributed by atoms with E-state index in [4.69, 9.17) is 0 Å². The Bertz CT molecular complexity index is 604. The highest BCUT2D eigenvalue weighted by Gasteiger charge is 2.35. The highest BCUT2D eigenvalue weighted by Crippen LogP contribution is 2.33. The molecule has 2 unspecified atom stereocenters. The van der Waals surface area contributed by atoms with E-state index in [2.05, 4.69) is 17.3 Å². The molecule has 112 valence electrons. The highest BCUT2D eigenvalue weighted by molar-refractivity contribution is 5.92. The van der Waals surface area contributed by atoms with Gasteiger partial charge in [-0.3, -0.25) is 9.59 Å². The Morgan fingerprint density at radius 2 is 1.90 bits per heavy atom. The number of allylic oxidation sites excluding steroid dienone is 2. The van der Waals surface area contributed by atoms with Crippen molar-refractivity contribution in [3.8, 4) is 0 Å². The van der Waals surface area contributed by atoms with Crippen molar-refractivity contribution in [1.29, 1.82) is 0 Å². The van der Waals surface area contributed by atoms with E-state index in [9.17, 15) is 9.59 Å². The molecule has 1 aliphatic heterocycles. The highest BCUT2D eigenvalue weighted by atomic mass is 16.2. The fraction of sp³-hybridized carbons (Fsp3) is 0.562. The Morgan fingerprint density at radius 1 is 1.24 bits per heavy atom. The molecular weight excluding hydrogens is 266 g/mol. The maximum atomic E-state index is 12.6. The molecule has 2 aliphatic rings. The van der Waals surface area contributed by atoms with E-state index in [1.807, 2.05) is 11.8 Å². The zero-order valence-electron chi connectivity index (χ0n) is 12.4. The lowest BCUT2D eigenvalue weighted by atomic mass is 9.86. The maximum absolute atomic E-state index is 12.6. The molecule has 1 aromatic heterocycles. The molecule has 1 aromatic rings. The molecule has 1 amide bonds. The summed E-state index contributed by atoms with van der Waals surface area (Å²) in [5, 5.41) is 4.22. The minimum atomic E-state index is -0.146. The maximum Gasteiger partial charge on any atom is 0.274 e. The van der Waals surface area contributed by atoms with Crippen LogP contribution in [0.25, 0.3) is 0 Å². The Hall–Kier alpha value is -1.91. The number of aromatic nitrogens is 2. The molecule has 5 nitrogen and oxygen atoms in total. The van der Waals surface area contributed by atoms with Crippen molar-refractivity contribution < 1.29 is 4.79 Å². The first-order chi connectivity index (χ1) is 10.2. The zero-order chi connectivity index (χ0) is 14.8. The lowest BCUT2D eigenvalue weighted by Gasteiger charge is -2.17.